The Hall–Kier alpha value is -6.00. The van der Waals surface area contributed by atoms with Crippen molar-refractivity contribution in [3.05, 3.63) is 151 Å². The molecule has 0 radical (unpaired) electrons. The van der Waals surface area contributed by atoms with Crippen molar-refractivity contribution in [2.45, 2.75) is 19.3 Å². The van der Waals surface area contributed by atoms with Gasteiger partial charge in [-0.05, 0) is 41.5 Å². The second-order valence-corrected chi connectivity index (χ2v) is 13.0. The van der Waals surface area contributed by atoms with Crippen molar-refractivity contribution in [1.29, 1.82) is 0 Å². The Balaban J connectivity index is 1.33. The van der Waals surface area contributed by atoms with Crippen molar-refractivity contribution in [3.63, 3.8) is 0 Å². The molecular formula is C43H29N3O. The third kappa shape index (κ3) is 3.58. The molecular weight excluding hydrogens is 574 g/mol. The number of rotatable bonds is 3. The Morgan fingerprint density at radius 2 is 1.26 bits per heavy atom. The van der Waals surface area contributed by atoms with Crippen LogP contribution >= 0.6 is 0 Å². The summed E-state index contributed by atoms with van der Waals surface area (Å²) in [5, 5.41) is 4.67. The molecule has 0 unspecified atom stereocenters. The van der Waals surface area contributed by atoms with Crippen LogP contribution in [0.5, 0.6) is 0 Å². The molecule has 10 rings (SSSR count). The van der Waals surface area contributed by atoms with Crippen LogP contribution in [0.4, 0.5) is 0 Å². The van der Waals surface area contributed by atoms with Crippen LogP contribution in [0.3, 0.4) is 0 Å². The maximum Gasteiger partial charge on any atom is 0.160 e. The molecule has 1 aliphatic rings. The summed E-state index contributed by atoms with van der Waals surface area (Å²) in [6, 6.07) is 49.1. The molecule has 222 valence electrons. The molecule has 4 nitrogen and oxygen atoms in total. The lowest BCUT2D eigenvalue weighted by atomic mass is 9.85. The molecule has 0 amide bonds. The van der Waals surface area contributed by atoms with Crippen LogP contribution in [0.15, 0.2) is 144 Å². The van der Waals surface area contributed by atoms with Gasteiger partial charge in [-0.25, -0.2) is 9.97 Å². The molecule has 0 bridgehead atoms. The number of benzene rings is 6. The lowest BCUT2D eigenvalue weighted by Gasteiger charge is -2.21. The molecule has 0 atom stereocenters. The van der Waals surface area contributed by atoms with Gasteiger partial charge in [0.2, 0.25) is 0 Å². The smallest absolute Gasteiger partial charge is 0.160 e. The summed E-state index contributed by atoms with van der Waals surface area (Å²) in [6.07, 6.45) is 0. The van der Waals surface area contributed by atoms with E-state index in [1.165, 1.54) is 21.9 Å². The molecule has 0 saturated heterocycles. The van der Waals surface area contributed by atoms with Gasteiger partial charge in [0, 0.05) is 43.7 Å². The quantitative estimate of drug-likeness (QED) is 0.202. The Morgan fingerprint density at radius 1 is 0.553 bits per heavy atom. The molecule has 0 aliphatic heterocycles. The second kappa shape index (κ2) is 9.51. The van der Waals surface area contributed by atoms with Gasteiger partial charge in [0.1, 0.15) is 11.2 Å². The van der Waals surface area contributed by atoms with Crippen molar-refractivity contribution >= 4 is 43.7 Å². The van der Waals surface area contributed by atoms with E-state index in [9.17, 15) is 0 Å². The first-order chi connectivity index (χ1) is 23.1. The monoisotopic (exact) mass is 603 g/mol. The molecule has 3 aromatic heterocycles. The summed E-state index contributed by atoms with van der Waals surface area (Å²) in [5.74, 6) is 0.740. The third-order valence-electron chi connectivity index (χ3n) is 9.98. The van der Waals surface area contributed by atoms with Crippen LogP contribution in [-0.2, 0) is 5.41 Å². The van der Waals surface area contributed by atoms with Crippen LogP contribution in [0, 0.1) is 0 Å². The normalized spacial score (nSPS) is 13.5. The highest BCUT2D eigenvalue weighted by molar-refractivity contribution is 6.27. The van der Waals surface area contributed by atoms with E-state index in [-0.39, 0.29) is 5.41 Å². The van der Waals surface area contributed by atoms with Crippen LogP contribution in [0.2, 0.25) is 0 Å². The minimum absolute atomic E-state index is 0.275. The summed E-state index contributed by atoms with van der Waals surface area (Å²) < 4.78 is 8.76. The number of furan rings is 1. The zero-order valence-electron chi connectivity index (χ0n) is 26.0. The van der Waals surface area contributed by atoms with Crippen LogP contribution in [0.1, 0.15) is 25.1 Å². The number of nitrogens with zero attached hydrogens (tertiary/aromatic N) is 3. The van der Waals surface area contributed by atoms with Crippen molar-refractivity contribution in [2.75, 3.05) is 0 Å². The lowest BCUT2D eigenvalue weighted by Crippen LogP contribution is -2.17. The molecule has 47 heavy (non-hydrogen) atoms. The summed E-state index contributed by atoms with van der Waals surface area (Å²) in [5.41, 5.74) is 12.5. The van der Waals surface area contributed by atoms with E-state index in [1.54, 1.807) is 0 Å². The zero-order valence-corrected chi connectivity index (χ0v) is 26.0. The van der Waals surface area contributed by atoms with Crippen LogP contribution < -0.4 is 0 Å². The number of fused-ring (bicyclic) bond motifs is 10. The first-order valence-corrected chi connectivity index (χ1v) is 16.1. The van der Waals surface area contributed by atoms with Gasteiger partial charge in [-0.1, -0.05) is 123 Å². The van der Waals surface area contributed by atoms with Crippen molar-refractivity contribution in [1.82, 2.24) is 14.5 Å². The highest BCUT2D eigenvalue weighted by Gasteiger charge is 2.40. The predicted octanol–water partition coefficient (Wildman–Crippen LogP) is 11.1. The minimum Gasteiger partial charge on any atom is -0.456 e. The molecule has 9 aromatic rings. The fourth-order valence-electron chi connectivity index (χ4n) is 7.86. The Bertz CT molecular complexity index is 2710. The van der Waals surface area contributed by atoms with Gasteiger partial charge in [0.15, 0.2) is 5.82 Å². The molecule has 0 spiro atoms. The van der Waals surface area contributed by atoms with Crippen molar-refractivity contribution < 1.29 is 4.42 Å². The number of hydrogen-bond acceptors (Lipinski definition) is 3. The fourth-order valence-corrected chi connectivity index (χ4v) is 7.86. The maximum absolute atomic E-state index is 6.35. The predicted molar refractivity (Wildman–Crippen MR) is 192 cm³/mol. The minimum atomic E-state index is -0.275. The SMILES string of the molecule is CC1(C)c2ccccc2-c2c(-c3ccccc3-n3c4ccccc4c4c5c(ccc43)oc3ccccc35)nc(-c3ccccc3)nc21. The van der Waals surface area contributed by atoms with Gasteiger partial charge in [-0.3, -0.25) is 0 Å². The summed E-state index contributed by atoms with van der Waals surface area (Å²) in [4.78, 5) is 10.7. The Kier molecular flexibility index (Phi) is 5.31. The summed E-state index contributed by atoms with van der Waals surface area (Å²) in [7, 11) is 0. The molecule has 0 saturated carbocycles. The molecule has 6 aromatic carbocycles. The zero-order chi connectivity index (χ0) is 31.3. The lowest BCUT2D eigenvalue weighted by molar-refractivity contribution is 0.636. The van der Waals surface area contributed by atoms with Crippen LogP contribution in [-0.4, -0.2) is 14.5 Å². The number of hydrogen-bond donors (Lipinski definition) is 0. The van der Waals surface area contributed by atoms with E-state index >= 15 is 0 Å². The van der Waals surface area contributed by atoms with Crippen molar-refractivity contribution in [2.24, 2.45) is 0 Å². The molecule has 0 fully saturated rings. The first-order valence-electron chi connectivity index (χ1n) is 16.1. The summed E-state index contributed by atoms with van der Waals surface area (Å²) >= 11 is 0. The maximum atomic E-state index is 6.35. The van der Waals surface area contributed by atoms with Gasteiger partial charge in [-0.2, -0.15) is 0 Å². The topological polar surface area (TPSA) is 43.9 Å². The molecule has 0 N–H and O–H groups in total. The molecule has 1 aliphatic carbocycles. The van der Waals surface area contributed by atoms with E-state index in [2.05, 4.69) is 146 Å². The first kappa shape index (κ1) is 26.2. The molecule has 4 heteroatoms. The molecule has 3 heterocycles. The van der Waals surface area contributed by atoms with Gasteiger partial charge < -0.3 is 8.98 Å². The summed E-state index contributed by atoms with van der Waals surface area (Å²) in [6.45, 7) is 4.56. The highest BCUT2D eigenvalue weighted by atomic mass is 16.3. The van der Waals surface area contributed by atoms with Gasteiger partial charge in [0.05, 0.1) is 28.1 Å². The number of aromatic nitrogens is 3. The number of para-hydroxylation sites is 3. The van der Waals surface area contributed by atoms with Gasteiger partial charge >= 0.3 is 0 Å². The second-order valence-electron chi connectivity index (χ2n) is 13.0. The van der Waals surface area contributed by atoms with Gasteiger partial charge in [-0.15, -0.1) is 0 Å². The third-order valence-corrected chi connectivity index (χ3v) is 9.98. The van der Waals surface area contributed by atoms with Gasteiger partial charge in [0.25, 0.3) is 0 Å². The Morgan fingerprint density at radius 3 is 2.13 bits per heavy atom. The van der Waals surface area contributed by atoms with E-state index in [1.807, 2.05) is 12.1 Å². The standard InChI is InChI=1S/C43H29N3O/c1-43(2)31-20-10-6-16-27(31)39-40(44-42(45-41(39)43)26-14-4-3-5-15-26)29-18-8-12-22-33(29)46-32-21-11-7-17-28(32)37-34(46)24-25-36-38(37)30-19-9-13-23-35(30)47-36/h3-25H,1-2H3. The van der Waals surface area contributed by atoms with Crippen LogP contribution in [0.25, 0.3) is 83.2 Å². The Labute approximate surface area is 271 Å². The average Bonchev–Trinajstić information content (AvgIpc) is 3.74. The van der Waals surface area contributed by atoms with E-state index < -0.39 is 0 Å². The fraction of sp³-hybridized carbons (Fsp3) is 0.0698. The van der Waals surface area contributed by atoms with E-state index in [4.69, 9.17) is 14.4 Å². The largest absolute Gasteiger partial charge is 0.456 e. The average molecular weight is 604 g/mol. The highest BCUT2D eigenvalue weighted by Crippen LogP contribution is 2.52. The van der Waals surface area contributed by atoms with E-state index in [0.29, 0.717) is 0 Å². The van der Waals surface area contributed by atoms with Crippen molar-refractivity contribution in [3.8, 4) is 39.5 Å². The van der Waals surface area contributed by atoms with E-state index in [0.717, 1.165) is 72.6 Å².